The number of aliphatic hydroxyl groups is 6. The van der Waals surface area contributed by atoms with Gasteiger partial charge in [-0.2, -0.15) is 8.42 Å². The maximum atomic E-state index is 11.4. The van der Waals surface area contributed by atoms with Crippen LogP contribution in [0.3, 0.4) is 0 Å². The minimum Gasteiger partial charge on any atom is -0.394 e. The van der Waals surface area contributed by atoms with E-state index in [9.17, 15) is 39.1 Å². The molecule has 2 aliphatic rings. The Morgan fingerprint density at radius 3 is 1.32 bits per heavy atom. The quantitative estimate of drug-likeness (QED) is 0.0277. The molecule has 14 nitrogen and oxygen atoms in total. The van der Waals surface area contributed by atoms with Crippen LogP contribution in [0.25, 0.3) is 0 Å². The minimum atomic E-state index is -5.15. The summed E-state index contributed by atoms with van der Waals surface area (Å²) in [4.78, 5) is 0. The molecule has 0 amide bonds. The van der Waals surface area contributed by atoms with Crippen LogP contribution in [0.4, 0.5) is 0 Å². The topological polar surface area (TPSA) is 222 Å². The van der Waals surface area contributed by atoms with Crippen molar-refractivity contribution in [3.05, 3.63) is 0 Å². The van der Waals surface area contributed by atoms with Crippen molar-refractivity contribution in [1.29, 1.82) is 0 Å². The lowest BCUT2D eigenvalue weighted by molar-refractivity contribution is -0.358. The van der Waals surface area contributed by atoms with Crippen LogP contribution in [-0.4, -0.2) is 125 Å². The van der Waals surface area contributed by atoms with E-state index in [0.29, 0.717) is 6.61 Å². The van der Waals surface area contributed by atoms with Gasteiger partial charge in [-0.05, 0) is 18.8 Å². The second kappa shape index (κ2) is 31.3. The van der Waals surface area contributed by atoms with Crippen molar-refractivity contribution in [2.75, 3.05) is 19.8 Å². The molecule has 2 aliphatic heterocycles. The van der Waals surface area contributed by atoms with Crippen molar-refractivity contribution in [3.8, 4) is 0 Å². The molecular formula is C42H82O14S. The first-order valence-corrected chi connectivity index (χ1v) is 24.0. The number of aliphatic hydroxyl groups excluding tert-OH is 6. The third-order valence-corrected chi connectivity index (χ3v) is 12.1. The van der Waals surface area contributed by atoms with Gasteiger partial charge < -0.3 is 49.6 Å². The summed E-state index contributed by atoms with van der Waals surface area (Å²) in [5.74, 6) is 0.220. The average Bonchev–Trinajstić information content (AvgIpc) is 3.18. The number of rotatable bonds is 35. The van der Waals surface area contributed by atoms with Gasteiger partial charge in [-0.25, -0.2) is 4.18 Å². The van der Waals surface area contributed by atoms with Crippen molar-refractivity contribution < 1.29 is 66.7 Å². The summed E-state index contributed by atoms with van der Waals surface area (Å²) in [6, 6.07) is 0. The van der Waals surface area contributed by atoms with Crippen molar-refractivity contribution in [3.63, 3.8) is 0 Å². The highest BCUT2D eigenvalue weighted by Gasteiger charge is 2.52. The molecule has 7 N–H and O–H groups in total. The monoisotopic (exact) mass is 843 g/mol. The summed E-state index contributed by atoms with van der Waals surface area (Å²) in [5.41, 5.74) is 0. The van der Waals surface area contributed by atoms with Gasteiger partial charge in [-0.3, -0.25) is 4.55 Å². The second-order valence-corrected chi connectivity index (χ2v) is 17.6. The van der Waals surface area contributed by atoms with Crippen LogP contribution < -0.4 is 0 Å². The molecule has 0 aliphatic carbocycles. The molecule has 2 rings (SSSR count). The SMILES string of the molecule is CCCCCCCCCCCCCCC(CCCCCCCCCCCCCC)CO[C@@H]1O[C@H](CO)[C@@H](O[C@@H]2O[C@H](CO)[C@@H](O)[C@H](OS(=O)(=O)O)[C@H]2O)[C@H](O)[C@H]1O. The Balaban J connectivity index is 1.89. The lowest BCUT2D eigenvalue weighted by Gasteiger charge is -2.46. The third kappa shape index (κ3) is 21.7. The summed E-state index contributed by atoms with van der Waals surface area (Å²) in [6.45, 7) is 3.26. The first-order valence-electron chi connectivity index (χ1n) is 22.6. The Morgan fingerprint density at radius 2 is 0.912 bits per heavy atom. The van der Waals surface area contributed by atoms with Crippen LogP contribution in [0.5, 0.6) is 0 Å². The molecule has 57 heavy (non-hydrogen) atoms. The molecular weight excluding hydrogens is 761 g/mol. The zero-order chi connectivity index (χ0) is 41.9. The van der Waals surface area contributed by atoms with E-state index >= 15 is 0 Å². The molecule has 0 aromatic rings. The highest BCUT2D eigenvalue weighted by molar-refractivity contribution is 7.80. The fourth-order valence-electron chi connectivity index (χ4n) is 8.02. The van der Waals surface area contributed by atoms with Gasteiger partial charge in [0.05, 0.1) is 19.8 Å². The predicted octanol–water partition coefficient (Wildman–Crippen LogP) is 6.25. The average molecular weight is 843 g/mol. The Morgan fingerprint density at radius 1 is 0.509 bits per heavy atom. The van der Waals surface area contributed by atoms with Gasteiger partial charge in [0, 0.05) is 0 Å². The summed E-state index contributed by atoms with van der Waals surface area (Å²) >= 11 is 0. The highest BCUT2D eigenvalue weighted by Crippen LogP contribution is 2.32. The van der Waals surface area contributed by atoms with E-state index < -0.39 is 85.0 Å². The van der Waals surface area contributed by atoms with Crippen LogP contribution in [0.15, 0.2) is 0 Å². The molecule has 0 spiro atoms. The Hall–Kier alpha value is -0.530. The standard InChI is InChI=1S/C42H82O14S/c1-3-5-7-9-11-13-15-17-19-21-23-25-27-32(28-26-24-22-20-18-16-14-12-10-8-6-4-2)31-52-41-37(47)36(46)39(34(30-44)54-41)55-42-38(48)40(56-57(49,50)51)35(45)33(29-43)53-42/h32-48H,3-31H2,1-2H3,(H,49,50,51)/t33-,34-,35-,36-,37-,38-,39-,40+,41-,42+/m1/s1. The molecule has 0 radical (unpaired) electrons. The molecule has 2 saturated heterocycles. The molecule has 0 aromatic carbocycles. The Labute approximate surface area is 344 Å². The van der Waals surface area contributed by atoms with Crippen molar-refractivity contribution in [1.82, 2.24) is 0 Å². The molecule has 340 valence electrons. The number of unbranched alkanes of at least 4 members (excludes halogenated alkanes) is 22. The molecule has 0 saturated carbocycles. The zero-order valence-electron chi connectivity index (χ0n) is 35.3. The number of hydrogen-bond acceptors (Lipinski definition) is 13. The number of hydrogen-bond donors (Lipinski definition) is 7. The van der Waals surface area contributed by atoms with E-state index in [-0.39, 0.29) is 5.92 Å². The summed E-state index contributed by atoms with van der Waals surface area (Å²) < 4.78 is 59.4. The van der Waals surface area contributed by atoms with Gasteiger partial charge in [0.25, 0.3) is 0 Å². The van der Waals surface area contributed by atoms with Crippen molar-refractivity contribution in [2.24, 2.45) is 5.92 Å². The fraction of sp³-hybridized carbons (Fsp3) is 1.00. The van der Waals surface area contributed by atoms with E-state index in [1.54, 1.807) is 0 Å². The van der Waals surface area contributed by atoms with Crippen LogP contribution in [0, 0.1) is 5.92 Å². The van der Waals surface area contributed by atoms with Gasteiger partial charge in [-0.15, -0.1) is 0 Å². The van der Waals surface area contributed by atoms with E-state index in [1.807, 2.05) is 0 Å². The molecule has 0 aromatic heterocycles. The summed E-state index contributed by atoms with van der Waals surface area (Å²) in [7, 11) is -5.15. The lowest BCUT2D eigenvalue weighted by atomic mass is 9.94. The van der Waals surface area contributed by atoms with Gasteiger partial charge in [0.2, 0.25) is 0 Å². The summed E-state index contributed by atoms with van der Waals surface area (Å²) in [5, 5.41) is 63.1. The first-order chi connectivity index (χ1) is 27.5. The van der Waals surface area contributed by atoms with E-state index in [1.165, 1.54) is 128 Å². The largest absolute Gasteiger partial charge is 0.397 e. The van der Waals surface area contributed by atoms with Gasteiger partial charge in [0.1, 0.15) is 48.8 Å². The Kier molecular flexibility index (Phi) is 28.9. The van der Waals surface area contributed by atoms with Crippen LogP contribution in [0.2, 0.25) is 0 Å². The van der Waals surface area contributed by atoms with Crippen molar-refractivity contribution >= 4 is 10.4 Å². The van der Waals surface area contributed by atoms with Crippen LogP contribution in [-0.2, 0) is 33.5 Å². The third-order valence-electron chi connectivity index (χ3n) is 11.6. The van der Waals surface area contributed by atoms with E-state index in [2.05, 4.69) is 18.0 Å². The zero-order valence-corrected chi connectivity index (χ0v) is 36.1. The first kappa shape index (κ1) is 52.6. The van der Waals surface area contributed by atoms with Gasteiger partial charge >= 0.3 is 10.4 Å². The molecule has 2 fully saturated rings. The van der Waals surface area contributed by atoms with Crippen LogP contribution >= 0.6 is 0 Å². The number of ether oxygens (including phenoxy) is 4. The van der Waals surface area contributed by atoms with E-state index in [4.69, 9.17) is 23.5 Å². The molecule has 0 unspecified atom stereocenters. The van der Waals surface area contributed by atoms with E-state index in [0.717, 1.165) is 38.5 Å². The minimum absolute atomic E-state index is 0.220. The highest BCUT2D eigenvalue weighted by atomic mass is 32.3. The maximum absolute atomic E-state index is 11.4. The molecule has 2 heterocycles. The molecule has 10 atom stereocenters. The normalized spacial score (nSPS) is 28.4. The molecule has 0 bridgehead atoms. The lowest BCUT2D eigenvalue weighted by Crippen LogP contribution is -2.65. The van der Waals surface area contributed by atoms with Gasteiger partial charge in [-0.1, -0.05) is 168 Å². The second-order valence-electron chi connectivity index (χ2n) is 16.6. The predicted molar refractivity (Wildman–Crippen MR) is 218 cm³/mol. The summed E-state index contributed by atoms with van der Waals surface area (Å²) in [6.07, 6.45) is 15.8. The fourth-order valence-corrected chi connectivity index (χ4v) is 8.53. The van der Waals surface area contributed by atoms with Crippen molar-refractivity contribution in [2.45, 2.75) is 242 Å². The molecule has 15 heteroatoms. The maximum Gasteiger partial charge on any atom is 0.397 e. The Bertz CT molecular complexity index is 1040. The smallest absolute Gasteiger partial charge is 0.394 e. The van der Waals surface area contributed by atoms with Crippen LogP contribution in [0.1, 0.15) is 181 Å². The van der Waals surface area contributed by atoms with Gasteiger partial charge in [0.15, 0.2) is 12.6 Å².